The number of aromatic nitrogens is 1. The third-order valence-corrected chi connectivity index (χ3v) is 7.05. The van der Waals surface area contributed by atoms with Gasteiger partial charge in [0.25, 0.3) is 5.91 Å². The first kappa shape index (κ1) is 28.4. The maximum atomic E-state index is 13.9. The molecule has 39 heavy (non-hydrogen) atoms. The lowest BCUT2D eigenvalue weighted by Gasteiger charge is -2.33. The van der Waals surface area contributed by atoms with Crippen LogP contribution in [-0.2, 0) is 12.7 Å². The van der Waals surface area contributed by atoms with Crippen molar-refractivity contribution < 1.29 is 22.8 Å². The molecule has 2 amide bonds. The third kappa shape index (κ3) is 7.69. The smallest absolute Gasteiger partial charge is 0.322 e. The van der Waals surface area contributed by atoms with Gasteiger partial charge in [0.1, 0.15) is 0 Å². The molecule has 1 aliphatic rings. The normalized spacial score (nSPS) is 14.4. The van der Waals surface area contributed by atoms with E-state index in [0.29, 0.717) is 28.7 Å². The topological polar surface area (TPSA) is 77.6 Å². The highest BCUT2D eigenvalue weighted by molar-refractivity contribution is 7.16. The number of aryl methyl sites for hydroxylation is 1. The zero-order valence-electron chi connectivity index (χ0n) is 21.4. The van der Waals surface area contributed by atoms with Crippen LogP contribution in [0.3, 0.4) is 0 Å². The van der Waals surface area contributed by atoms with Gasteiger partial charge in [0.2, 0.25) is 7.85 Å². The predicted molar refractivity (Wildman–Crippen MR) is 146 cm³/mol. The van der Waals surface area contributed by atoms with Crippen molar-refractivity contribution in [2.24, 2.45) is 0 Å². The second kappa shape index (κ2) is 12.0. The molecule has 0 saturated carbocycles. The highest BCUT2D eigenvalue weighted by atomic mass is 32.1. The van der Waals surface area contributed by atoms with Gasteiger partial charge in [-0.15, -0.1) is 0 Å². The van der Waals surface area contributed by atoms with Crippen molar-refractivity contribution in [2.45, 2.75) is 19.6 Å². The van der Waals surface area contributed by atoms with Gasteiger partial charge in [0.05, 0.1) is 16.6 Å². The Morgan fingerprint density at radius 2 is 1.82 bits per heavy atom. The van der Waals surface area contributed by atoms with Gasteiger partial charge in [-0.05, 0) is 55.3 Å². The summed E-state index contributed by atoms with van der Waals surface area (Å²) in [6.45, 7) is 5.01. The predicted octanol–water partition coefficient (Wildman–Crippen LogP) is 4.57. The molecule has 0 spiro atoms. The third-order valence-electron chi connectivity index (χ3n) is 6.22. The van der Waals surface area contributed by atoms with Crippen molar-refractivity contribution >= 4 is 41.7 Å². The minimum Gasteiger partial charge on any atom is -0.322 e. The molecule has 4 rings (SSSR count). The van der Waals surface area contributed by atoms with Crippen molar-refractivity contribution in [2.75, 3.05) is 43.9 Å². The van der Waals surface area contributed by atoms with Crippen LogP contribution in [0.5, 0.6) is 0 Å². The number of anilines is 2. The number of amides is 2. The number of alkyl halides is 3. The van der Waals surface area contributed by atoms with E-state index in [-0.39, 0.29) is 23.4 Å². The summed E-state index contributed by atoms with van der Waals surface area (Å²) in [4.78, 5) is 32.6. The molecule has 2 radical (unpaired) electrons. The highest BCUT2D eigenvalue weighted by Gasteiger charge is 2.34. The van der Waals surface area contributed by atoms with Gasteiger partial charge in [0.15, 0.2) is 10.9 Å². The molecule has 1 aliphatic heterocycles. The van der Waals surface area contributed by atoms with E-state index in [4.69, 9.17) is 7.85 Å². The highest BCUT2D eigenvalue weighted by Crippen LogP contribution is 2.34. The summed E-state index contributed by atoms with van der Waals surface area (Å²) in [7, 11) is 7.07. The monoisotopic (exact) mass is 551 g/mol. The lowest BCUT2D eigenvalue weighted by molar-refractivity contribution is -0.138. The molecule has 1 saturated heterocycles. The van der Waals surface area contributed by atoms with Crippen LogP contribution < -0.4 is 10.6 Å². The summed E-state index contributed by atoms with van der Waals surface area (Å²) in [5.41, 5.74) is 1.10. The standard InChI is InChI=1S/C27H25BF3N5O2S/c1-17-3-4-19(13-18(17)6-8-22-15-32-26(39-22)34-25(28)38)24(37)33-21-7-5-20(23(14-21)27(29,30)31)16-36-11-9-35(2)10-12-36/h3-5,7,13-15H,9-12,16H2,1-2H3,(H,33,37)(H,32,34,38). The number of carbonyl (C=O) groups excluding carboxylic acids is 2. The molecule has 200 valence electrons. The summed E-state index contributed by atoms with van der Waals surface area (Å²) < 4.78 is 41.7. The maximum Gasteiger partial charge on any atom is 0.416 e. The molecule has 7 nitrogen and oxygen atoms in total. The van der Waals surface area contributed by atoms with Crippen LogP contribution in [0, 0.1) is 18.8 Å². The zero-order valence-corrected chi connectivity index (χ0v) is 22.2. The Kier molecular flexibility index (Phi) is 8.75. The zero-order chi connectivity index (χ0) is 28.2. The second-order valence-electron chi connectivity index (χ2n) is 9.20. The van der Waals surface area contributed by atoms with Crippen LogP contribution in [0.25, 0.3) is 0 Å². The fourth-order valence-electron chi connectivity index (χ4n) is 4.03. The summed E-state index contributed by atoms with van der Waals surface area (Å²) in [5, 5.41) is 5.26. The second-order valence-corrected chi connectivity index (χ2v) is 10.2. The van der Waals surface area contributed by atoms with Crippen molar-refractivity contribution in [3.8, 4) is 11.8 Å². The minimum atomic E-state index is -4.56. The first-order valence-corrected chi connectivity index (χ1v) is 12.9. The van der Waals surface area contributed by atoms with E-state index in [9.17, 15) is 22.8 Å². The number of nitrogens with zero attached hydrogens (tertiary/aromatic N) is 3. The largest absolute Gasteiger partial charge is 0.416 e. The van der Waals surface area contributed by atoms with Gasteiger partial charge < -0.3 is 15.5 Å². The molecule has 2 aromatic carbocycles. The average molecular weight is 551 g/mol. The van der Waals surface area contributed by atoms with Crippen molar-refractivity contribution in [1.29, 1.82) is 0 Å². The first-order chi connectivity index (χ1) is 18.5. The number of carbonyl (C=O) groups is 2. The minimum absolute atomic E-state index is 0.0572. The van der Waals surface area contributed by atoms with Crippen molar-refractivity contribution in [3.63, 3.8) is 0 Å². The van der Waals surface area contributed by atoms with E-state index in [0.717, 1.165) is 36.1 Å². The first-order valence-electron chi connectivity index (χ1n) is 12.1. The number of hydrogen-bond donors (Lipinski definition) is 2. The number of hydrogen-bond acceptors (Lipinski definition) is 6. The SMILES string of the molecule is [B]C(=O)Nc1ncc(C#Cc2cc(C(=O)Nc3ccc(CN4CCN(C)CC4)c(C(F)(F)F)c3)ccc2C)s1. The number of piperazine rings is 1. The van der Waals surface area contributed by atoms with Crippen LogP contribution in [0.1, 0.15) is 37.5 Å². The number of likely N-dealkylation sites (N-methyl/N-ethyl adjacent to an activating group) is 1. The van der Waals surface area contributed by atoms with E-state index < -0.39 is 23.5 Å². The molecule has 0 aliphatic carbocycles. The fraction of sp³-hybridized carbons (Fsp3) is 0.296. The Balaban J connectivity index is 1.50. The quantitative estimate of drug-likeness (QED) is 0.359. The molecule has 1 aromatic heterocycles. The molecular weight excluding hydrogens is 526 g/mol. The van der Waals surface area contributed by atoms with Gasteiger partial charge in [-0.1, -0.05) is 29.4 Å². The van der Waals surface area contributed by atoms with Crippen LogP contribution in [0.15, 0.2) is 42.6 Å². The Bertz CT molecular complexity index is 1440. The summed E-state index contributed by atoms with van der Waals surface area (Å²) in [6.07, 6.45) is -3.07. The van der Waals surface area contributed by atoms with Crippen molar-refractivity contribution in [1.82, 2.24) is 14.8 Å². The number of halogens is 3. The Morgan fingerprint density at radius 3 is 2.51 bits per heavy atom. The fourth-order valence-corrected chi connectivity index (χ4v) is 4.70. The Morgan fingerprint density at radius 1 is 1.08 bits per heavy atom. The number of rotatable bonds is 5. The summed E-state index contributed by atoms with van der Waals surface area (Å²) in [5.74, 6) is 4.62. The molecule has 3 aromatic rings. The number of benzene rings is 2. The number of nitrogens with one attached hydrogen (secondary N) is 2. The summed E-state index contributed by atoms with van der Waals surface area (Å²) in [6, 6.07) is 8.79. The molecule has 2 heterocycles. The lowest BCUT2D eigenvalue weighted by Crippen LogP contribution is -2.44. The van der Waals surface area contributed by atoms with Gasteiger partial charge in [-0.25, -0.2) is 4.98 Å². The average Bonchev–Trinajstić information content (AvgIpc) is 3.31. The maximum absolute atomic E-state index is 13.9. The molecule has 0 bridgehead atoms. The lowest BCUT2D eigenvalue weighted by atomic mass is 10.0. The van der Waals surface area contributed by atoms with Gasteiger partial charge in [-0.2, -0.15) is 13.2 Å². The Labute approximate surface area is 229 Å². The van der Waals surface area contributed by atoms with E-state index in [1.807, 2.05) is 18.9 Å². The number of thiazole rings is 1. The van der Waals surface area contributed by atoms with E-state index >= 15 is 0 Å². The summed E-state index contributed by atoms with van der Waals surface area (Å²) >= 11 is 1.14. The van der Waals surface area contributed by atoms with Gasteiger partial charge in [-0.3, -0.25) is 14.5 Å². The van der Waals surface area contributed by atoms with Crippen LogP contribution in [0.2, 0.25) is 0 Å². The van der Waals surface area contributed by atoms with E-state index in [2.05, 4.69) is 32.4 Å². The molecular formula is C27H25BF3N5O2S. The van der Waals surface area contributed by atoms with Crippen LogP contribution in [-0.4, -0.2) is 67.6 Å². The Hall–Kier alpha value is -3.66. The van der Waals surface area contributed by atoms with E-state index in [1.54, 1.807) is 18.2 Å². The molecule has 12 heteroatoms. The molecule has 1 fully saturated rings. The van der Waals surface area contributed by atoms with Crippen LogP contribution in [0.4, 0.5) is 28.8 Å². The van der Waals surface area contributed by atoms with Crippen molar-refractivity contribution in [3.05, 3.63) is 75.3 Å². The van der Waals surface area contributed by atoms with Gasteiger partial charge in [0, 0.05) is 49.5 Å². The van der Waals surface area contributed by atoms with Gasteiger partial charge >= 0.3 is 6.18 Å². The van der Waals surface area contributed by atoms with Crippen LogP contribution >= 0.6 is 11.3 Å². The molecule has 0 atom stereocenters. The molecule has 0 unspecified atom stereocenters. The van der Waals surface area contributed by atoms with E-state index in [1.165, 1.54) is 18.3 Å². The molecule has 2 N–H and O–H groups in total.